The molecule has 0 N–H and O–H groups in total. The van der Waals surface area contributed by atoms with Gasteiger partial charge in [0, 0.05) is 23.7 Å². The molecule has 29 heavy (non-hydrogen) atoms. The van der Waals surface area contributed by atoms with Crippen LogP contribution < -0.4 is 4.74 Å². The topological polar surface area (TPSA) is 91.1 Å². The number of carbonyl (C=O) groups excluding carboxylic acids is 1. The van der Waals surface area contributed by atoms with E-state index in [1.54, 1.807) is 18.9 Å². The number of hydrogen-bond acceptors (Lipinski definition) is 7. The first-order chi connectivity index (χ1) is 13.5. The highest BCUT2D eigenvalue weighted by molar-refractivity contribution is 6.30. The zero-order valence-electron chi connectivity index (χ0n) is 15.5. The molecule has 1 heterocycles. The molecule has 1 atom stereocenters. The first kappa shape index (κ1) is 22.8. The highest BCUT2D eigenvalue weighted by atomic mass is 35.5. The second-order valence-corrected chi connectivity index (χ2v) is 6.71. The molecule has 8 nitrogen and oxygen atoms in total. The van der Waals surface area contributed by atoms with Crippen LogP contribution in [0.15, 0.2) is 17.7 Å². The van der Waals surface area contributed by atoms with Gasteiger partial charge < -0.3 is 19.2 Å². The second kappa shape index (κ2) is 9.31. The molecule has 0 aromatic heterocycles. The van der Waals surface area contributed by atoms with E-state index in [2.05, 4.69) is 4.84 Å². The summed E-state index contributed by atoms with van der Waals surface area (Å²) in [6.45, 7) is 1.44. The fraction of sp³-hybridized carbons (Fsp3) is 0.471. The number of aryl methyl sites for hydroxylation is 1. The number of alkyl halides is 3. The number of nitrogens with zero attached hydrogens (tertiary/aromatic N) is 2. The zero-order valence-corrected chi connectivity index (χ0v) is 16.2. The molecular formula is C17H18ClF3N2O6. The minimum atomic E-state index is -4.83. The second-order valence-electron chi connectivity index (χ2n) is 6.28. The standard InChI is InChI=1S/C17H18ClF3N2O6/c1-10-7-12(18)8-11-9-13(15(17(19,20)21)29-14(10)11)16(24)27-5-3-22(2)4-6-28-23(25)26/h7-9,15H,3-6H2,1-2H3. The van der Waals surface area contributed by atoms with Crippen LogP contribution in [0.25, 0.3) is 6.08 Å². The Hall–Kier alpha value is -2.53. The Morgan fingerprint density at radius 1 is 1.34 bits per heavy atom. The third kappa shape index (κ3) is 6.23. The van der Waals surface area contributed by atoms with Crippen LogP contribution in [0.4, 0.5) is 13.2 Å². The van der Waals surface area contributed by atoms with Crippen molar-refractivity contribution in [3.8, 4) is 5.75 Å². The average Bonchev–Trinajstić information content (AvgIpc) is 2.59. The summed E-state index contributed by atoms with van der Waals surface area (Å²) in [5, 5.41) is 9.43. The molecular weight excluding hydrogens is 421 g/mol. The van der Waals surface area contributed by atoms with Crippen LogP contribution >= 0.6 is 11.6 Å². The Bertz CT molecular complexity index is 815. The largest absolute Gasteiger partial charge is 0.475 e. The molecule has 1 unspecified atom stereocenters. The number of halogens is 4. The molecule has 0 bridgehead atoms. The average molecular weight is 439 g/mol. The number of fused-ring (bicyclic) bond motifs is 1. The number of rotatable bonds is 8. The van der Waals surface area contributed by atoms with Gasteiger partial charge in [-0.3, -0.25) is 0 Å². The molecule has 0 radical (unpaired) electrons. The Morgan fingerprint density at radius 3 is 2.62 bits per heavy atom. The van der Waals surface area contributed by atoms with Gasteiger partial charge >= 0.3 is 12.1 Å². The van der Waals surface area contributed by atoms with Crippen molar-refractivity contribution in [3.05, 3.63) is 44.0 Å². The summed E-state index contributed by atoms with van der Waals surface area (Å²) in [5.74, 6) is -1.18. The summed E-state index contributed by atoms with van der Waals surface area (Å²) in [4.78, 5) is 28.1. The molecule has 0 aliphatic carbocycles. The molecule has 2 rings (SSSR count). The van der Waals surface area contributed by atoms with Crippen molar-refractivity contribution < 1.29 is 37.4 Å². The minimum Gasteiger partial charge on any atom is -0.475 e. The minimum absolute atomic E-state index is 0.00111. The Morgan fingerprint density at radius 2 is 2.00 bits per heavy atom. The van der Waals surface area contributed by atoms with E-state index in [0.29, 0.717) is 5.56 Å². The summed E-state index contributed by atoms with van der Waals surface area (Å²) >= 11 is 5.93. The van der Waals surface area contributed by atoms with Crippen molar-refractivity contribution in [2.24, 2.45) is 0 Å². The lowest BCUT2D eigenvalue weighted by molar-refractivity contribution is -0.757. The van der Waals surface area contributed by atoms with E-state index in [-0.39, 0.29) is 42.6 Å². The molecule has 1 aromatic carbocycles. The van der Waals surface area contributed by atoms with Crippen molar-refractivity contribution in [2.45, 2.75) is 19.2 Å². The summed E-state index contributed by atoms with van der Waals surface area (Å²) in [6.07, 6.45) is -6.23. The monoisotopic (exact) mass is 438 g/mol. The van der Waals surface area contributed by atoms with E-state index < -0.39 is 28.9 Å². The van der Waals surface area contributed by atoms with E-state index in [0.717, 1.165) is 6.08 Å². The van der Waals surface area contributed by atoms with Crippen LogP contribution in [0.3, 0.4) is 0 Å². The van der Waals surface area contributed by atoms with Crippen LogP contribution in [0.1, 0.15) is 11.1 Å². The third-order valence-electron chi connectivity index (χ3n) is 4.01. The maximum atomic E-state index is 13.4. The smallest absolute Gasteiger partial charge is 0.430 e. The van der Waals surface area contributed by atoms with Gasteiger partial charge in [0.15, 0.2) is 0 Å². The van der Waals surface area contributed by atoms with E-state index in [9.17, 15) is 28.1 Å². The first-order valence-electron chi connectivity index (χ1n) is 8.37. The summed E-state index contributed by atoms with van der Waals surface area (Å²) in [6, 6.07) is 2.86. The van der Waals surface area contributed by atoms with Gasteiger partial charge in [-0.2, -0.15) is 13.2 Å². The van der Waals surface area contributed by atoms with E-state index >= 15 is 0 Å². The summed E-state index contributed by atoms with van der Waals surface area (Å²) in [5.41, 5.74) is -0.0357. The van der Waals surface area contributed by atoms with Crippen molar-refractivity contribution in [2.75, 3.05) is 33.4 Å². The van der Waals surface area contributed by atoms with Gasteiger partial charge in [0.25, 0.3) is 5.09 Å². The maximum absolute atomic E-state index is 13.4. The van der Waals surface area contributed by atoms with Crippen LogP contribution in [0.2, 0.25) is 5.02 Å². The number of ether oxygens (including phenoxy) is 2. The van der Waals surface area contributed by atoms with Crippen molar-refractivity contribution in [3.63, 3.8) is 0 Å². The molecule has 0 saturated carbocycles. The predicted molar refractivity (Wildman–Crippen MR) is 96.0 cm³/mol. The molecule has 1 aliphatic heterocycles. The first-order valence-corrected chi connectivity index (χ1v) is 8.75. The van der Waals surface area contributed by atoms with Gasteiger partial charge in [-0.1, -0.05) is 11.6 Å². The Balaban J connectivity index is 2.07. The van der Waals surface area contributed by atoms with Crippen molar-refractivity contribution in [1.82, 2.24) is 4.90 Å². The molecule has 1 aliphatic rings. The summed E-state index contributed by atoms with van der Waals surface area (Å²) < 4.78 is 50.3. The molecule has 0 saturated heterocycles. The Labute approximate surface area is 168 Å². The molecule has 12 heteroatoms. The number of hydrogen-bond donors (Lipinski definition) is 0. The quantitative estimate of drug-likeness (QED) is 0.350. The van der Waals surface area contributed by atoms with Crippen molar-refractivity contribution in [1.29, 1.82) is 0 Å². The molecule has 1 aromatic rings. The van der Waals surface area contributed by atoms with Gasteiger partial charge in [0.1, 0.15) is 19.0 Å². The predicted octanol–water partition coefficient (Wildman–Crippen LogP) is 3.04. The fourth-order valence-electron chi connectivity index (χ4n) is 2.62. The van der Waals surface area contributed by atoms with Crippen LogP contribution in [-0.4, -0.2) is 61.6 Å². The fourth-order valence-corrected chi connectivity index (χ4v) is 2.90. The van der Waals surface area contributed by atoms with Crippen LogP contribution in [-0.2, 0) is 14.4 Å². The highest BCUT2D eigenvalue weighted by Gasteiger charge is 2.49. The van der Waals surface area contributed by atoms with Crippen LogP contribution in [0.5, 0.6) is 5.75 Å². The lowest BCUT2D eigenvalue weighted by Crippen LogP contribution is -2.41. The van der Waals surface area contributed by atoms with Crippen LogP contribution in [0, 0.1) is 17.0 Å². The number of benzene rings is 1. The highest BCUT2D eigenvalue weighted by Crippen LogP contribution is 2.40. The maximum Gasteiger partial charge on any atom is 0.430 e. The van der Waals surface area contributed by atoms with Crippen molar-refractivity contribution >= 4 is 23.6 Å². The molecule has 0 amide bonds. The molecule has 0 fully saturated rings. The van der Waals surface area contributed by atoms with Gasteiger partial charge in [-0.15, -0.1) is 10.1 Å². The zero-order chi connectivity index (χ0) is 21.8. The number of esters is 1. The van der Waals surface area contributed by atoms with E-state index in [1.165, 1.54) is 12.1 Å². The van der Waals surface area contributed by atoms with E-state index in [1.807, 2.05) is 0 Å². The van der Waals surface area contributed by atoms with Gasteiger partial charge in [-0.05, 0) is 37.7 Å². The molecule has 160 valence electrons. The lowest BCUT2D eigenvalue weighted by atomic mass is 9.99. The number of carbonyl (C=O) groups is 1. The normalized spacial score (nSPS) is 16.0. The molecule has 0 spiro atoms. The third-order valence-corrected chi connectivity index (χ3v) is 4.22. The number of likely N-dealkylation sites (N-methyl/N-ethyl adjacent to an activating group) is 1. The Kier molecular flexibility index (Phi) is 7.31. The van der Waals surface area contributed by atoms with Gasteiger partial charge in [0.05, 0.1) is 5.57 Å². The SMILES string of the molecule is Cc1cc(Cl)cc2c1OC(C(F)(F)F)C(C(=O)OCCN(C)CCO[N+](=O)[O-])=C2. The summed E-state index contributed by atoms with van der Waals surface area (Å²) in [7, 11) is 1.58. The van der Waals surface area contributed by atoms with E-state index in [4.69, 9.17) is 21.1 Å². The lowest BCUT2D eigenvalue weighted by Gasteiger charge is -2.29. The van der Waals surface area contributed by atoms with Gasteiger partial charge in [0.2, 0.25) is 6.10 Å². The van der Waals surface area contributed by atoms with Gasteiger partial charge in [-0.25, -0.2) is 4.79 Å².